The fourth-order valence-corrected chi connectivity index (χ4v) is 3.10. The van der Waals surface area contributed by atoms with Crippen molar-refractivity contribution in [1.82, 2.24) is 15.6 Å². The van der Waals surface area contributed by atoms with Crippen LogP contribution in [-0.2, 0) is 13.1 Å². The minimum absolute atomic E-state index is 0.187. The summed E-state index contributed by atoms with van der Waals surface area (Å²) in [5, 5.41) is 8.61. The van der Waals surface area contributed by atoms with Crippen molar-refractivity contribution in [2.24, 2.45) is 0 Å². The molecule has 0 aliphatic carbocycles. The van der Waals surface area contributed by atoms with Crippen molar-refractivity contribution in [3.63, 3.8) is 0 Å². The molecule has 5 heteroatoms. The third-order valence-corrected chi connectivity index (χ3v) is 4.41. The van der Waals surface area contributed by atoms with Crippen LogP contribution in [0.25, 0.3) is 11.3 Å². The SMILES string of the molecule is Cc1cccc(CNC(=O)NCc2nc(-c3ccccc3)cs2)c1. The highest BCUT2D eigenvalue weighted by atomic mass is 32.1. The number of rotatable bonds is 5. The van der Waals surface area contributed by atoms with E-state index in [-0.39, 0.29) is 6.03 Å². The molecule has 0 unspecified atom stereocenters. The molecule has 1 heterocycles. The number of carbonyl (C=O) groups is 1. The van der Waals surface area contributed by atoms with Crippen LogP contribution < -0.4 is 10.6 Å². The summed E-state index contributed by atoms with van der Waals surface area (Å²) in [7, 11) is 0. The lowest BCUT2D eigenvalue weighted by molar-refractivity contribution is 0.240. The first-order valence-electron chi connectivity index (χ1n) is 7.78. The third-order valence-electron chi connectivity index (χ3n) is 3.56. The Morgan fingerprint density at radius 2 is 1.83 bits per heavy atom. The average Bonchev–Trinajstić information content (AvgIpc) is 3.08. The van der Waals surface area contributed by atoms with E-state index < -0.39 is 0 Å². The predicted molar refractivity (Wildman–Crippen MR) is 97.8 cm³/mol. The standard InChI is InChI=1S/C19H19N3OS/c1-14-6-5-7-15(10-14)11-20-19(23)21-12-18-22-17(13-24-18)16-8-3-2-4-9-16/h2-10,13H,11-12H2,1H3,(H2,20,21,23). The van der Waals surface area contributed by atoms with Crippen LogP contribution in [0.5, 0.6) is 0 Å². The van der Waals surface area contributed by atoms with Gasteiger partial charge in [0.05, 0.1) is 12.2 Å². The molecule has 0 atom stereocenters. The van der Waals surface area contributed by atoms with E-state index in [4.69, 9.17) is 0 Å². The molecule has 122 valence electrons. The van der Waals surface area contributed by atoms with Crippen molar-refractivity contribution >= 4 is 17.4 Å². The van der Waals surface area contributed by atoms with Gasteiger partial charge < -0.3 is 10.6 Å². The van der Waals surface area contributed by atoms with Crippen molar-refractivity contribution in [1.29, 1.82) is 0 Å². The Morgan fingerprint density at radius 1 is 1.04 bits per heavy atom. The molecule has 2 amide bonds. The Bertz CT molecular complexity index is 814. The van der Waals surface area contributed by atoms with Crippen LogP contribution in [0.3, 0.4) is 0 Å². The summed E-state index contributed by atoms with van der Waals surface area (Å²) in [4.78, 5) is 16.5. The fourth-order valence-electron chi connectivity index (χ4n) is 2.36. The number of carbonyl (C=O) groups excluding carboxylic acids is 1. The van der Waals surface area contributed by atoms with Crippen molar-refractivity contribution < 1.29 is 4.79 Å². The van der Waals surface area contributed by atoms with E-state index in [2.05, 4.69) is 21.7 Å². The summed E-state index contributed by atoms with van der Waals surface area (Å²) in [5.41, 5.74) is 4.30. The van der Waals surface area contributed by atoms with Gasteiger partial charge in [-0.05, 0) is 12.5 Å². The molecule has 0 saturated heterocycles. The number of hydrogen-bond acceptors (Lipinski definition) is 3. The Kier molecular flexibility index (Phi) is 5.23. The van der Waals surface area contributed by atoms with E-state index >= 15 is 0 Å². The van der Waals surface area contributed by atoms with E-state index in [1.807, 2.05) is 60.8 Å². The van der Waals surface area contributed by atoms with Gasteiger partial charge in [-0.25, -0.2) is 9.78 Å². The van der Waals surface area contributed by atoms with Crippen molar-refractivity contribution in [3.05, 3.63) is 76.1 Å². The summed E-state index contributed by atoms with van der Waals surface area (Å²) in [6.07, 6.45) is 0. The zero-order chi connectivity index (χ0) is 16.8. The molecule has 3 rings (SSSR count). The molecule has 24 heavy (non-hydrogen) atoms. The molecular weight excluding hydrogens is 318 g/mol. The van der Waals surface area contributed by atoms with Gasteiger partial charge in [-0.1, -0.05) is 60.2 Å². The highest BCUT2D eigenvalue weighted by Gasteiger charge is 2.06. The number of aromatic nitrogens is 1. The van der Waals surface area contributed by atoms with Gasteiger partial charge in [0.1, 0.15) is 5.01 Å². The van der Waals surface area contributed by atoms with Gasteiger partial charge in [-0.2, -0.15) is 0 Å². The first-order chi connectivity index (χ1) is 11.7. The van der Waals surface area contributed by atoms with Crippen molar-refractivity contribution in [2.45, 2.75) is 20.0 Å². The summed E-state index contributed by atoms with van der Waals surface area (Å²) < 4.78 is 0. The van der Waals surface area contributed by atoms with Gasteiger partial charge in [0.2, 0.25) is 0 Å². The number of benzene rings is 2. The summed E-state index contributed by atoms with van der Waals surface area (Å²) in [6, 6.07) is 17.9. The highest BCUT2D eigenvalue weighted by Crippen LogP contribution is 2.21. The quantitative estimate of drug-likeness (QED) is 0.736. The van der Waals surface area contributed by atoms with Crippen LogP contribution in [0.2, 0.25) is 0 Å². The Morgan fingerprint density at radius 3 is 2.62 bits per heavy atom. The predicted octanol–water partition coefficient (Wildman–Crippen LogP) is 4.12. The minimum Gasteiger partial charge on any atom is -0.334 e. The van der Waals surface area contributed by atoms with Gasteiger partial charge >= 0.3 is 6.03 Å². The number of hydrogen-bond donors (Lipinski definition) is 2. The molecule has 3 aromatic rings. The van der Waals surface area contributed by atoms with Crippen LogP contribution in [0.15, 0.2) is 60.0 Å². The summed E-state index contributed by atoms with van der Waals surface area (Å²) >= 11 is 1.55. The Balaban J connectivity index is 1.49. The molecular formula is C19H19N3OS. The van der Waals surface area contributed by atoms with Gasteiger partial charge in [-0.15, -0.1) is 11.3 Å². The molecule has 1 aromatic heterocycles. The minimum atomic E-state index is -0.187. The normalized spacial score (nSPS) is 10.4. The maximum atomic E-state index is 11.9. The molecule has 0 bridgehead atoms. The van der Waals surface area contributed by atoms with E-state index in [1.165, 1.54) is 5.56 Å². The summed E-state index contributed by atoms with van der Waals surface area (Å²) in [6.45, 7) is 2.98. The van der Waals surface area contributed by atoms with E-state index in [0.717, 1.165) is 21.8 Å². The van der Waals surface area contributed by atoms with Gasteiger partial charge in [0.25, 0.3) is 0 Å². The van der Waals surface area contributed by atoms with E-state index in [0.29, 0.717) is 13.1 Å². The smallest absolute Gasteiger partial charge is 0.315 e. The van der Waals surface area contributed by atoms with Gasteiger partial charge in [0.15, 0.2) is 0 Å². The molecule has 0 saturated carbocycles. The molecule has 0 aliphatic rings. The number of thiazole rings is 1. The molecule has 0 fully saturated rings. The zero-order valence-electron chi connectivity index (χ0n) is 13.5. The lowest BCUT2D eigenvalue weighted by atomic mass is 10.1. The Labute approximate surface area is 145 Å². The Hall–Kier alpha value is -2.66. The average molecular weight is 337 g/mol. The van der Waals surface area contributed by atoms with Crippen LogP contribution in [0, 0.1) is 6.92 Å². The second-order valence-corrected chi connectivity index (χ2v) is 6.46. The van der Waals surface area contributed by atoms with E-state index in [9.17, 15) is 4.79 Å². The van der Waals surface area contributed by atoms with E-state index in [1.54, 1.807) is 11.3 Å². The third kappa shape index (κ3) is 4.43. The topological polar surface area (TPSA) is 54.0 Å². The van der Waals surface area contributed by atoms with Crippen molar-refractivity contribution in [2.75, 3.05) is 0 Å². The number of urea groups is 1. The lowest BCUT2D eigenvalue weighted by Gasteiger charge is -2.07. The number of nitrogens with one attached hydrogen (secondary N) is 2. The summed E-state index contributed by atoms with van der Waals surface area (Å²) in [5.74, 6) is 0. The van der Waals surface area contributed by atoms with Crippen LogP contribution in [-0.4, -0.2) is 11.0 Å². The first-order valence-corrected chi connectivity index (χ1v) is 8.66. The highest BCUT2D eigenvalue weighted by molar-refractivity contribution is 7.09. The lowest BCUT2D eigenvalue weighted by Crippen LogP contribution is -2.34. The maximum absolute atomic E-state index is 11.9. The molecule has 0 radical (unpaired) electrons. The zero-order valence-corrected chi connectivity index (χ0v) is 14.3. The largest absolute Gasteiger partial charge is 0.334 e. The first kappa shape index (κ1) is 16.2. The molecule has 0 aliphatic heterocycles. The second kappa shape index (κ2) is 7.75. The second-order valence-electron chi connectivity index (χ2n) is 5.52. The van der Waals surface area contributed by atoms with Gasteiger partial charge in [0, 0.05) is 17.5 Å². The molecule has 4 nitrogen and oxygen atoms in total. The number of aryl methyl sites for hydroxylation is 1. The van der Waals surface area contributed by atoms with Crippen molar-refractivity contribution in [3.8, 4) is 11.3 Å². The fraction of sp³-hybridized carbons (Fsp3) is 0.158. The molecule has 2 N–H and O–H groups in total. The van der Waals surface area contributed by atoms with Crippen LogP contribution >= 0.6 is 11.3 Å². The van der Waals surface area contributed by atoms with Crippen LogP contribution in [0.1, 0.15) is 16.1 Å². The monoisotopic (exact) mass is 337 g/mol. The van der Waals surface area contributed by atoms with Crippen LogP contribution in [0.4, 0.5) is 4.79 Å². The number of nitrogens with zero attached hydrogens (tertiary/aromatic N) is 1. The maximum Gasteiger partial charge on any atom is 0.315 e. The molecule has 0 spiro atoms. The molecule has 2 aromatic carbocycles. The van der Waals surface area contributed by atoms with Gasteiger partial charge in [-0.3, -0.25) is 0 Å². The number of amides is 2.